The SMILES string of the molecule is CC(OC(=O)N1CCN(Cc2ccc(C(F)(F)F)cc2N2CCC3(CCN(S(C)(=O)=O)CC3)C2)CC1)C(F)(F)F. The number of sulfonamides is 1. The summed E-state index contributed by atoms with van der Waals surface area (Å²) in [6.07, 6.45) is -9.27. The molecule has 1 amide bonds. The Morgan fingerprint density at radius 3 is 2.12 bits per heavy atom. The molecule has 8 nitrogen and oxygen atoms in total. The Morgan fingerprint density at radius 2 is 1.57 bits per heavy atom. The van der Waals surface area contributed by atoms with E-state index in [0.717, 1.165) is 25.5 Å². The van der Waals surface area contributed by atoms with E-state index in [1.807, 2.05) is 9.80 Å². The number of anilines is 1. The molecule has 4 rings (SSSR count). The number of carbonyl (C=O) groups excluding carboxylic acids is 1. The minimum atomic E-state index is -4.66. The van der Waals surface area contributed by atoms with Crippen LogP contribution in [0.3, 0.4) is 0 Å². The van der Waals surface area contributed by atoms with Crippen LogP contribution in [0.1, 0.15) is 37.3 Å². The van der Waals surface area contributed by atoms with Gasteiger partial charge in [0.2, 0.25) is 10.0 Å². The highest BCUT2D eigenvalue weighted by Crippen LogP contribution is 2.44. The first-order valence-corrected chi connectivity index (χ1v) is 15.0. The van der Waals surface area contributed by atoms with E-state index < -0.39 is 40.1 Å². The molecule has 40 heavy (non-hydrogen) atoms. The van der Waals surface area contributed by atoms with E-state index >= 15 is 0 Å². The van der Waals surface area contributed by atoms with Crippen molar-refractivity contribution in [1.29, 1.82) is 0 Å². The van der Waals surface area contributed by atoms with Gasteiger partial charge in [-0.25, -0.2) is 17.5 Å². The third-order valence-corrected chi connectivity index (χ3v) is 9.51. The maximum absolute atomic E-state index is 13.6. The lowest BCUT2D eigenvalue weighted by Crippen LogP contribution is -2.49. The lowest BCUT2D eigenvalue weighted by atomic mass is 9.78. The second-order valence-corrected chi connectivity index (χ2v) is 13.0. The van der Waals surface area contributed by atoms with Crippen LogP contribution in [-0.2, 0) is 27.5 Å². The number of hydrogen-bond donors (Lipinski definition) is 0. The van der Waals surface area contributed by atoms with Gasteiger partial charge in [-0.1, -0.05) is 6.07 Å². The van der Waals surface area contributed by atoms with Crippen LogP contribution >= 0.6 is 0 Å². The van der Waals surface area contributed by atoms with Gasteiger partial charge in [0.1, 0.15) is 0 Å². The molecule has 0 aromatic heterocycles. The number of halogens is 6. The molecule has 3 heterocycles. The summed E-state index contributed by atoms with van der Waals surface area (Å²) < 4.78 is 109. The number of piperidine rings is 1. The van der Waals surface area contributed by atoms with Gasteiger partial charge in [-0.05, 0) is 49.3 Å². The summed E-state index contributed by atoms with van der Waals surface area (Å²) in [7, 11) is -3.30. The average molecular weight is 601 g/mol. The van der Waals surface area contributed by atoms with Gasteiger partial charge in [0.15, 0.2) is 6.10 Å². The van der Waals surface area contributed by atoms with Crippen molar-refractivity contribution in [2.24, 2.45) is 5.41 Å². The van der Waals surface area contributed by atoms with Gasteiger partial charge in [0.25, 0.3) is 0 Å². The van der Waals surface area contributed by atoms with Crippen LogP contribution in [0.4, 0.5) is 36.8 Å². The van der Waals surface area contributed by atoms with Crippen LogP contribution in [0.2, 0.25) is 0 Å². The topological polar surface area (TPSA) is 73.4 Å². The first-order chi connectivity index (χ1) is 18.5. The van der Waals surface area contributed by atoms with Crippen LogP contribution in [0.15, 0.2) is 18.2 Å². The normalized spacial score (nSPS) is 22.1. The van der Waals surface area contributed by atoms with Crippen molar-refractivity contribution in [2.75, 3.05) is 63.5 Å². The van der Waals surface area contributed by atoms with E-state index in [1.54, 1.807) is 0 Å². The molecule has 1 atom stereocenters. The number of benzene rings is 1. The molecule has 3 saturated heterocycles. The molecule has 0 radical (unpaired) electrons. The van der Waals surface area contributed by atoms with Crippen LogP contribution in [0.5, 0.6) is 0 Å². The summed E-state index contributed by atoms with van der Waals surface area (Å²) in [5.74, 6) is 0. The number of amides is 1. The van der Waals surface area contributed by atoms with Gasteiger partial charge in [0, 0.05) is 64.6 Å². The van der Waals surface area contributed by atoms with Gasteiger partial charge in [-0.2, -0.15) is 26.3 Å². The number of ether oxygens (including phenoxy) is 1. The summed E-state index contributed by atoms with van der Waals surface area (Å²) in [6, 6.07) is 3.66. The molecule has 3 aliphatic heterocycles. The van der Waals surface area contributed by atoms with Crippen molar-refractivity contribution >= 4 is 21.8 Å². The van der Waals surface area contributed by atoms with Crippen LogP contribution in [0.25, 0.3) is 0 Å². The fraction of sp³-hybridized carbons (Fsp3) is 0.720. The third-order valence-electron chi connectivity index (χ3n) is 8.21. The molecular formula is C25H34F6N4O4S. The minimum Gasteiger partial charge on any atom is -0.437 e. The molecule has 0 aliphatic carbocycles. The Morgan fingerprint density at radius 1 is 0.975 bits per heavy atom. The molecule has 226 valence electrons. The summed E-state index contributed by atoms with van der Waals surface area (Å²) in [5.41, 5.74) is 0.218. The van der Waals surface area contributed by atoms with Crippen molar-refractivity contribution in [3.8, 4) is 0 Å². The number of alkyl halides is 6. The number of piperazine rings is 1. The maximum atomic E-state index is 13.6. The molecule has 1 aromatic carbocycles. The Bertz CT molecular complexity index is 1180. The molecule has 0 N–H and O–H groups in total. The monoisotopic (exact) mass is 600 g/mol. The molecule has 15 heteroatoms. The molecule has 0 saturated carbocycles. The Kier molecular flexibility index (Phi) is 8.59. The fourth-order valence-electron chi connectivity index (χ4n) is 5.63. The predicted octanol–water partition coefficient (Wildman–Crippen LogP) is 4.16. The number of hydrogen-bond acceptors (Lipinski definition) is 6. The zero-order chi connectivity index (χ0) is 29.5. The van der Waals surface area contributed by atoms with E-state index in [9.17, 15) is 39.6 Å². The van der Waals surface area contributed by atoms with Crippen molar-refractivity contribution in [3.05, 3.63) is 29.3 Å². The van der Waals surface area contributed by atoms with Crippen molar-refractivity contribution in [3.63, 3.8) is 0 Å². The molecule has 1 aromatic rings. The second kappa shape index (κ2) is 11.2. The Balaban J connectivity index is 1.43. The smallest absolute Gasteiger partial charge is 0.425 e. The van der Waals surface area contributed by atoms with E-state index in [1.165, 1.54) is 21.5 Å². The molecular weight excluding hydrogens is 566 g/mol. The molecule has 1 unspecified atom stereocenters. The van der Waals surface area contributed by atoms with Gasteiger partial charge in [0.05, 0.1) is 11.8 Å². The maximum Gasteiger partial charge on any atom is 0.425 e. The standard InChI is InChI=1S/C25H34F6N4O4S/c1-18(24(26,27)28)39-22(36)33-13-11-32(12-14-33)16-19-3-4-20(25(29,30)31)15-21(19)34-8-5-23(17-34)6-9-35(10-7-23)40(2,37)38/h3-4,15,18H,5-14,16-17H2,1-2H3. The van der Waals surface area contributed by atoms with Gasteiger partial charge in [-0.3, -0.25) is 4.90 Å². The van der Waals surface area contributed by atoms with Gasteiger partial charge < -0.3 is 14.5 Å². The Hall–Kier alpha value is -2.26. The second-order valence-electron chi connectivity index (χ2n) is 11.0. The minimum absolute atomic E-state index is 0.128. The first kappa shape index (κ1) is 30.7. The lowest BCUT2D eigenvalue weighted by molar-refractivity contribution is -0.200. The lowest BCUT2D eigenvalue weighted by Gasteiger charge is -2.38. The van der Waals surface area contributed by atoms with E-state index in [0.29, 0.717) is 69.9 Å². The average Bonchev–Trinajstić information content (AvgIpc) is 3.26. The van der Waals surface area contributed by atoms with Gasteiger partial charge in [-0.15, -0.1) is 0 Å². The van der Waals surface area contributed by atoms with Crippen molar-refractivity contribution in [2.45, 2.75) is 51.2 Å². The molecule has 1 spiro atoms. The summed E-state index contributed by atoms with van der Waals surface area (Å²) in [4.78, 5) is 17.2. The van der Waals surface area contributed by atoms with E-state index in [4.69, 9.17) is 0 Å². The number of rotatable bonds is 5. The van der Waals surface area contributed by atoms with Crippen molar-refractivity contribution < 1.29 is 44.3 Å². The molecule has 3 aliphatic rings. The predicted molar refractivity (Wildman–Crippen MR) is 135 cm³/mol. The highest BCUT2D eigenvalue weighted by Gasteiger charge is 2.43. The Labute approximate surface area is 229 Å². The molecule has 3 fully saturated rings. The number of carbonyl (C=O) groups is 1. The highest BCUT2D eigenvalue weighted by molar-refractivity contribution is 7.88. The van der Waals surface area contributed by atoms with Crippen molar-refractivity contribution in [1.82, 2.24) is 14.1 Å². The summed E-state index contributed by atoms with van der Waals surface area (Å²) in [5, 5.41) is 0. The van der Waals surface area contributed by atoms with Crippen LogP contribution in [-0.4, -0.2) is 99.5 Å². The van der Waals surface area contributed by atoms with Gasteiger partial charge >= 0.3 is 18.4 Å². The highest BCUT2D eigenvalue weighted by atomic mass is 32.2. The quantitative estimate of drug-likeness (QED) is 0.473. The zero-order valence-corrected chi connectivity index (χ0v) is 23.2. The fourth-order valence-corrected chi connectivity index (χ4v) is 6.48. The first-order valence-electron chi connectivity index (χ1n) is 13.1. The zero-order valence-electron chi connectivity index (χ0n) is 22.4. The summed E-state index contributed by atoms with van der Waals surface area (Å²) >= 11 is 0. The largest absolute Gasteiger partial charge is 0.437 e. The van der Waals surface area contributed by atoms with Crippen LogP contribution in [0, 0.1) is 5.41 Å². The van der Waals surface area contributed by atoms with E-state index in [-0.39, 0.29) is 18.5 Å². The third kappa shape index (κ3) is 7.14. The molecule has 0 bridgehead atoms. The summed E-state index contributed by atoms with van der Waals surface area (Å²) in [6.45, 7) is 3.81. The van der Waals surface area contributed by atoms with E-state index in [2.05, 4.69) is 4.74 Å². The number of nitrogens with zero attached hydrogens (tertiary/aromatic N) is 4. The van der Waals surface area contributed by atoms with Crippen LogP contribution < -0.4 is 4.90 Å².